The second-order valence-electron chi connectivity index (χ2n) is 4.76. The van der Waals surface area contributed by atoms with Crippen LogP contribution in [0.3, 0.4) is 0 Å². The Morgan fingerprint density at radius 3 is 2.16 bits per heavy atom. The van der Waals surface area contributed by atoms with Gasteiger partial charge in [-0.2, -0.15) is 5.11 Å². The molecule has 0 unspecified atom stereocenters. The van der Waals surface area contributed by atoms with Crippen molar-refractivity contribution in [2.45, 2.75) is 19.8 Å². The monoisotopic (exact) mass is 254 g/mol. The number of anilines is 2. The molecule has 0 amide bonds. The van der Waals surface area contributed by atoms with Crippen LogP contribution in [0.1, 0.15) is 25.3 Å². The fourth-order valence-electron chi connectivity index (χ4n) is 1.70. The number of hydrogen-bond acceptors (Lipinski definition) is 4. The number of azo groups is 1. The molecule has 0 spiro atoms. The van der Waals surface area contributed by atoms with Gasteiger partial charge >= 0.3 is 0 Å². The van der Waals surface area contributed by atoms with Gasteiger partial charge in [0.05, 0.1) is 11.4 Å². The highest BCUT2D eigenvalue weighted by molar-refractivity contribution is 5.67. The van der Waals surface area contributed by atoms with Gasteiger partial charge < -0.3 is 11.5 Å². The minimum Gasteiger partial charge on any atom is -0.399 e. The smallest absolute Gasteiger partial charge is 0.109 e. The van der Waals surface area contributed by atoms with Crippen LogP contribution >= 0.6 is 0 Å². The van der Waals surface area contributed by atoms with Gasteiger partial charge in [0.2, 0.25) is 0 Å². The molecular weight excluding hydrogens is 236 g/mol. The van der Waals surface area contributed by atoms with Crippen LogP contribution in [0.4, 0.5) is 22.7 Å². The third-order valence-corrected chi connectivity index (χ3v) is 2.88. The summed E-state index contributed by atoms with van der Waals surface area (Å²) >= 11 is 0. The average molecular weight is 254 g/mol. The van der Waals surface area contributed by atoms with Crippen LogP contribution in [0.25, 0.3) is 0 Å². The molecule has 2 rings (SSSR count). The van der Waals surface area contributed by atoms with Gasteiger partial charge in [-0.15, -0.1) is 5.11 Å². The molecule has 0 aliphatic heterocycles. The van der Waals surface area contributed by atoms with E-state index in [-0.39, 0.29) is 0 Å². The van der Waals surface area contributed by atoms with Gasteiger partial charge in [-0.25, -0.2) is 0 Å². The summed E-state index contributed by atoms with van der Waals surface area (Å²) in [4.78, 5) is 0. The number of hydrogen-bond donors (Lipinski definition) is 2. The van der Waals surface area contributed by atoms with E-state index in [9.17, 15) is 0 Å². The first kappa shape index (κ1) is 13.1. The van der Waals surface area contributed by atoms with E-state index in [2.05, 4.69) is 36.2 Å². The number of nitrogens with two attached hydrogens (primary N) is 2. The van der Waals surface area contributed by atoms with Gasteiger partial charge in [0.1, 0.15) is 5.69 Å². The van der Waals surface area contributed by atoms with E-state index in [1.165, 1.54) is 5.56 Å². The first-order valence-corrected chi connectivity index (χ1v) is 6.23. The van der Waals surface area contributed by atoms with Crippen molar-refractivity contribution in [1.29, 1.82) is 0 Å². The Labute approximate surface area is 113 Å². The summed E-state index contributed by atoms with van der Waals surface area (Å²) in [6.07, 6.45) is 0. The summed E-state index contributed by atoms with van der Waals surface area (Å²) in [6.45, 7) is 4.32. The largest absolute Gasteiger partial charge is 0.399 e. The van der Waals surface area contributed by atoms with Gasteiger partial charge in [0.25, 0.3) is 0 Å². The Morgan fingerprint density at radius 1 is 0.895 bits per heavy atom. The Morgan fingerprint density at radius 2 is 1.58 bits per heavy atom. The highest BCUT2D eigenvalue weighted by Gasteiger charge is 1.99. The first-order valence-electron chi connectivity index (χ1n) is 6.23. The summed E-state index contributed by atoms with van der Waals surface area (Å²) in [6, 6.07) is 13.2. The highest BCUT2D eigenvalue weighted by atomic mass is 15.1. The lowest BCUT2D eigenvalue weighted by molar-refractivity contribution is 0.866. The number of rotatable bonds is 3. The number of nitrogens with zero attached hydrogens (tertiary/aromatic N) is 2. The molecule has 19 heavy (non-hydrogen) atoms. The standard InChI is InChI=1S/C15H18N4/c1-10(2)11-3-6-13(7-4-11)18-19-15-8-5-12(16)9-14(15)17/h3-10H,16-17H2,1-2H3. The van der Waals surface area contributed by atoms with Crippen molar-refractivity contribution >= 4 is 22.7 Å². The Hall–Kier alpha value is -2.36. The van der Waals surface area contributed by atoms with Gasteiger partial charge in [-0.1, -0.05) is 26.0 Å². The lowest BCUT2D eigenvalue weighted by atomic mass is 10.0. The van der Waals surface area contributed by atoms with Crippen molar-refractivity contribution in [2.24, 2.45) is 10.2 Å². The predicted molar refractivity (Wildman–Crippen MR) is 80.0 cm³/mol. The van der Waals surface area contributed by atoms with E-state index in [0.29, 0.717) is 23.0 Å². The molecule has 0 bridgehead atoms. The van der Waals surface area contributed by atoms with Crippen LogP contribution in [0.5, 0.6) is 0 Å². The van der Waals surface area contributed by atoms with Crippen LogP contribution in [-0.4, -0.2) is 0 Å². The molecule has 0 atom stereocenters. The second-order valence-corrected chi connectivity index (χ2v) is 4.76. The minimum atomic E-state index is 0.513. The van der Waals surface area contributed by atoms with E-state index >= 15 is 0 Å². The topological polar surface area (TPSA) is 76.8 Å². The minimum absolute atomic E-state index is 0.513. The molecule has 2 aromatic carbocycles. The molecule has 0 aliphatic carbocycles. The van der Waals surface area contributed by atoms with E-state index < -0.39 is 0 Å². The third-order valence-electron chi connectivity index (χ3n) is 2.88. The van der Waals surface area contributed by atoms with E-state index in [4.69, 9.17) is 11.5 Å². The molecular formula is C15H18N4. The second kappa shape index (κ2) is 5.52. The maximum atomic E-state index is 5.82. The summed E-state index contributed by atoms with van der Waals surface area (Å²) in [7, 11) is 0. The van der Waals surface area contributed by atoms with E-state index in [0.717, 1.165) is 5.69 Å². The molecule has 4 N–H and O–H groups in total. The van der Waals surface area contributed by atoms with Crippen molar-refractivity contribution in [3.63, 3.8) is 0 Å². The molecule has 0 fully saturated rings. The van der Waals surface area contributed by atoms with Crippen LogP contribution < -0.4 is 11.5 Å². The quantitative estimate of drug-likeness (QED) is 0.629. The van der Waals surface area contributed by atoms with Crippen molar-refractivity contribution in [3.05, 3.63) is 48.0 Å². The fraction of sp³-hybridized carbons (Fsp3) is 0.200. The molecule has 0 saturated carbocycles. The summed E-state index contributed by atoms with van der Waals surface area (Å²) in [5.74, 6) is 0.513. The maximum Gasteiger partial charge on any atom is 0.109 e. The fourth-order valence-corrected chi connectivity index (χ4v) is 1.70. The lowest BCUT2D eigenvalue weighted by Crippen LogP contribution is -1.89. The van der Waals surface area contributed by atoms with Crippen molar-refractivity contribution in [2.75, 3.05) is 11.5 Å². The average Bonchev–Trinajstić information content (AvgIpc) is 2.38. The first-order chi connectivity index (χ1) is 9.06. The van der Waals surface area contributed by atoms with Crippen LogP contribution in [0.2, 0.25) is 0 Å². The summed E-state index contributed by atoms with van der Waals surface area (Å²) in [5, 5.41) is 8.31. The molecule has 98 valence electrons. The number of benzene rings is 2. The van der Waals surface area contributed by atoms with Gasteiger partial charge in [0.15, 0.2) is 0 Å². The van der Waals surface area contributed by atoms with Crippen molar-refractivity contribution < 1.29 is 0 Å². The zero-order valence-electron chi connectivity index (χ0n) is 11.2. The van der Waals surface area contributed by atoms with Crippen molar-refractivity contribution in [1.82, 2.24) is 0 Å². The zero-order valence-corrected chi connectivity index (χ0v) is 11.2. The highest BCUT2D eigenvalue weighted by Crippen LogP contribution is 2.26. The Bertz CT molecular complexity index is 586. The van der Waals surface area contributed by atoms with Crippen LogP contribution in [0.15, 0.2) is 52.7 Å². The Balaban J connectivity index is 2.18. The zero-order chi connectivity index (χ0) is 13.8. The van der Waals surface area contributed by atoms with Crippen LogP contribution in [-0.2, 0) is 0 Å². The molecule has 0 aromatic heterocycles. The third kappa shape index (κ3) is 3.31. The lowest BCUT2D eigenvalue weighted by Gasteiger charge is -2.04. The molecule has 0 heterocycles. The Kier molecular flexibility index (Phi) is 3.80. The van der Waals surface area contributed by atoms with Gasteiger partial charge in [0, 0.05) is 5.69 Å². The van der Waals surface area contributed by atoms with Crippen molar-refractivity contribution in [3.8, 4) is 0 Å². The molecule has 4 heteroatoms. The molecule has 2 aromatic rings. The molecule has 0 radical (unpaired) electrons. The normalized spacial score (nSPS) is 11.3. The molecule has 0 saturated heterocycles. The maximum absolute atomic E-state index is 5.82. The van der Waals surface area contributed by atoms with E-state index in [1.54, 1.807) is 18.2 Å². The molecule has 0 aliphatic rings. The van der Waals surface area contributed by atoms with Gasteiger partial charge in [-0.05, 0) is 41.8 Å². The van der Waals surface area contributed by atoms with E-state index in [1.807, 2.05) is 12.1 Å². The number of nitrogen functional groups attached to an aromatic ring is 2. The molecule has 4 nitrogen and oxygen atoms in total. The predicted octanol–water partition coefficient (Wildman–Crippen LogP) is 4.39. The summed E-state index contributed by atoms with van der Waals surface area (Å²) < 4.78 is 0. The van der Waals surface area contributed by atoms with Gasteiger partial charge in [-0.3, -0.25) is 0 Å². The SMILES string of the molecule is CC(C)c1ccc(N=Nc2ccc(N)cc2N)cc1. The summed E-state index contributed by atoms with van der Waals surface area (Å²) in [5.41, 5.74) is 15.3. The van der Waals surface area contributed by atoms with Crippen LogP contribution in [0, 0.1) is 0 Å².